The van der Waals surface area contributed by atoms with Gasteiger partial charge < -0.3 is 4.90 Å². The molecule has 1 aliphatic carbocycles. The molecule has 1 saturated heterocycles. The lowest BCUT2D eigenvalue weighted by Crippen LogP contribution is -2.29. The first-order valence-electron chi connectivity index (χ1n) is 9.86. The van der Waals surface area contributed by atoms with Crippen LogP contribution < -0.4 is 10.5 Å². The second-order valence-corrected chi connectivity index (χ2v) is 8.59. The van der Waals surface area contributed by atoms with Gasteiger partial charge in [0.05, 0.1) is 22.9 Å². The average molecular weight is 369 g/mol. The third-order valence-electron chi connectivity index (χ3n) is 5.95. The zero-order valence-corrected chi connectivity index (χ0v) is 15.8. The van der Waals surface area contributed by atoms with Gasteiger partial charge in [-0.05, 0) is 38.2 Å². The van der Waals surface area contributed by atoms with Gasteiger partial charge in [0.25, 0.3) is 5.56 Å². The van der Waals surface area contributed by atoms with Crippen molar-refractivity contribution < 1.29 is 0 Å². The molecule has 0 spiro atoms. The van der Waals surface area contributed by atoms with Crippen LogP contribution in [0.2, 0.25) is 0 Å². The van der Waals surface area contributed by atoms with Gasteiger partial charge in [0.15, 0.2) is 0 Å². The summed E-state index contributed by atoms with van der Waals surface area (Å²) in [6.07, 6.45) is 13.3. The summed E-state index contributed by atoms with van der Waals surface area (Å²) in [5.41, 5.74) is 2.16. The molecule has 0 amide bonds. The fourth-order valence-electron chi connectivity index (χ4n) is 4.57. The fourth-order valence-corrected chi connectivity index (χ4v) is 5.62. The SMILES string of the molecule is O=c1c2sc3nccc(N4CCCCC4)c3c2ncn1C1CCCCC1. The minimum Gasteiger partial charge on any atom is -0.371 e. The van der Waals surface area contributed by atoms with Crippen molar-refractivity contribution in [2.75, 3.05) is 18.0 Å². The van der Waals surface area contributed by atoms with Crippen LogP contribution in [-0.4, -0.2) is 27.6 Å². The molecule has 3 aromatic heterocycles. The summed E-state index contributed by atoms with van der Waals surface area (Å²) >= 11 is 1.51. The number of aromatic nitrogens is 3. The lowest BCUT2D eigenvalue weighted by Gasteiger charge is -2.29. The highest BCUT2D eigenvalue weighted by atomic mass is 32.1. The largest absolute Gasteiger partial charge is 0.371 e. The van der Waals surface area contributed by atoms with E-state index in [1.54, 1.807) is 6.33 Å². The monoisotopic (exact) mass is 368 g/mol. The molecule has 1 saturated carbocycles. The molecule has 136 valence electrons. The predicted molar refractivity (Wildman–Crippen MR) is 107 cm³/mol. The van der Waals surface area contributed by atoms with E-state index >= 15 is 0 Å². The Bertz CT molecular complexity index is 996. The van der Waals surface area contributed by atoms with Crippen LogP contribution in [0.4, 0.5) is 5.69 Å². The Morgan fingerprint density at radius 1 is 1.00 bits per heavy atom. The van der Waals surface area contributed by atoms with Gasteiger partial charge in [0.1, 0.15) is 9.53 Å². The summed E-state index contributed by atoms with van der Waals surface area (Å²) < 4.78 is 2.65. The van der Waals surface area contributed by atoms with Crippen LogP contribution in [0, 0.1) is 0 Å². The highest BCUT2D eigenvalue weighted by molar-refractivity contribution is 7.25. The van der Waals surface area contributed by atoms with Crippen molar-refractivity contribution in [2.24, 2.45) is 0 Å². The normalized spacial score (nSPS) is 19.5. The summed E-state index contributed by atoms with van der Waals surface area (Å²) in [5, 5.41) is 1.07. The lowest BCUT2D eigenvalue weighted by atomic mass is 9.95. The molecule has 0 N–H and O–H groups in total. The van der Waals surface area contributed by atoms with Gasteiger partial charge in [0.2, 0.25) is 0 Å². The number of piperidine rings is 1. The highest BCUT2D eigenvalue weighted by Gasteiger charge is 2.22. The van der Waals surface area contributed by atoms with Gasteiger partial charge in [-0.25, -0.2) is 9.97 Å². The summed E-state index contributed by atoms with van der Waals surface area (Å²) in [6.45, 7) is 2.16. The first-order valence-corrected chi connectivity index (χ1v) is 10.7. The van der Waals surface area contributed by atoms with Gasteiger partial charge in [-0.2, -0.15) is 0 Å². The lowest BCUT2D eigenvalue weighted by molar-refractivity contribution is 0.345. The van der Waals surface area contributed by atoms with Crippen molar-refractivity contribution in [3.63, 3.8) is 0 Å². The van der Waals surface area contributed by atoms with Crippen LogP contribution in [0.1, 0.15) is 57.4 Å². The standard InChI is InChI=1S/C20H24N4OS/c25-20-18-17(22-13-24(20)14-7-3-1-4-8-14)16-15(9-10-21-19(16)26-18)23-11-5-2-6-12-23/h9-10,13-14H,1-8,11-12H2. The molecule has 5 nitrogen and oxygen atoms in total. The van der Waals surface area contributed by atoms with E-state index in [-0.39, 0.29) is 5.56 Å². The molecule has 4 heterocycles. The molecule has 6 heteroatoms. The quantitative estimate of drug-likeness (QED) is 0.668. The predicted octanol–water partition coefficient (Wildman–Crippen LogP) is 4.50. The van der Waals surface area contributed by atoms with E-state index in [1.165, 1.54) is 55.5 Å². The maximum atomic E-state index is 13.2. The Morgan fingerprint density at radius 3 is 2.58 bits per heavy atom. The number of fused-ring (bicyclic) bond motifs is 3. The van der Waals surface area contributed by atoms with E-state index in [2.05, 4.69) is 16.0 Å². The molecule has 0 aromatic carbocycles. The third-order valence-corrected chi connectivity index (χ3v) is 7.02. The van der Waals surface area contributed by atoms with Gasteiger partial charge in [0, 0.05) is 25.3 Å². The zero-order chi connectivity index (χ0) is 17.5. The van der Waals surface area contributed by atoms with Gasteiger partial charge in [-0.3, -0.25) is 9.36 Å². The van der Waals surface area contributed by atoms with Crippen molar-refractivity contribution >= 4 is 37.5 Å². The first-order chi connectivity index (χ1) is 12.8. The molecule has 0 unspecified atom stereocenters. The number of pyridine rings is 1. The Morgan fingerprint density at radius 2 is 1.77 bits per heavy atom. The van der Waals surface area contributed by atoms with E-state index in [1.807, 2.05) is 10.8 Å². The molecule has 2 aliphatic rings. The van der Waals surface area contributed by atoms with Crippen molar-refractivity contribution in [2.45, 2.75) is 57.4 Å². The van der Waals surface area contributed by atoms with E-state index in [4.69, 9.17) is 4.98 Å². The summed E-state index contributed by atoms with van der Waals surface area (Å²) in [6, 6.07) is 2.40. The molecule has 1 aliphatic heterocycles. The number of nitrogens with zero attached hydrogens (tertiary/aromatic N) is 4. The number of hydrogen-bond acceptors (Lipinski definition) is 5. The first kappa shape index (κ1) is 16.2. The second kappa shape index (κ2) is 6.65. The van der Waals surface area contributed by atoms with Crippen LogP contribution in [0.3, 0.4) is 0 Å². The molecule has 26 heavy (non-hydrogen) atoms. The number of anilines is 1. The maximum absolute atomic E-state index is 13.2. The summed E-state index contributed by atoms with van der Waals surface area (Å²) in [4.78, 5) is 25.9. The fraction of sp³-hybridized carbons (Fsp3) is 0.550. The Hall–Kier alpha value is -1.95. The average Bonchev–Trinajstić information content (AvgIpc) is 3.09. The van der Waals surface area contributed by atoms with Crippen LogP contribution in [0.15, 0.2) is 23.4 Å². The molecule has 0 bridgehead atoms. The minimum atomic E-state index is 0.120. The smallest absolute Gasteiger partial charge is 0.271 e. The van der Waals surface area contributed by atoms with Crippen LogP contribution in [-0.2, 0) is 0 Å². The van der Waals surface area contributed by atoms with E-state index in [0.717, 1.165) is 46.4 Å². The highest BCUT2D eigenvalue weighted by Crippen LogP contribution is 2.37. The Balaban J connectivity index is 1.67. The minimum absolute atomic E-state index is 0.120. The molecule has 3 aromatic rings. The van der Waals surface area contributed by atoms with Gasteiger partial charge in [-0.15, -0.1) is 11.3 Å². The maximum Gasteiger partial charge on any atom is 0.271 e. The van der Waals surface area contributed by atoms with Crippen LogP contribution in [0.25, 0.3) is 20.4 Å². The second-order valence-electron chi connectivity index (χ2n) is 7.59. The van der Waals surface area contributed by atoms with Crippen molar-refractivity contribution in [3.05, 3.63) is 28.9 Å². The number of hydrogen-bond donors (Lipinski definition) is 0. The topological polar surface area (TPSA) is 51.0 Å². The van der Waals surface area contributed by atoms with Gasteiger partial charge in [-0.1, -0.05) is 19.3 Å². The van der Waals surface area contributed by atoms with Gasteiger partial charge >= 0.3 is 0 Å². The summed E-state index contributed by atoms with van der Waals surface area (Å²) in [7, 11) is 0. The van der Waals surface area contributed by atoms with Crippen molar-refractivity contribution in [1.29, 1.82) is 0 Å². The summed E-state index contributed by atoms with van der Waals surface area (Å²) in [5.74, 6) is 0. The third kappa shape index (κ3) is 2.62. The van der Waals surface area contributed by atoms with E-state index in [0.29, 0.717) is 6.04 Å². The number of rotatable bonds is 2. The van der Waals surface area contributed by atoms with Crippen LogP contribution in [0.5, 0.6) is 0 Å². The van der Waals surface area contributed by atoms with Crippen LogP contribution >= 0.6 is 11.3 Å². The van der Waals surface area contributed by atoms with Crippen molar-refractivity contribution in [3.8, 4) is 0 Å². The molecule has 2 fully saturated rings. The molecule has 0 radical (unpaired) electrons. The number of thiophene rings is 1. The Labute approximate surface area is 156 Å². The van der Waals surface area contributed by atoms with Crippen molar-refractivity contribution in [1.82, 2.24) is 14.5 Å². The Kier molecular flexibility index (Phi) is 4.15. The molecular weight excluding hydrogens is 344 g/mol. The molecule has 0 atom stereocenters. The van der Waals surface area contributed by atoms with E-state index in [9.17, 15) is 4.79 Å². The molecular formula is C20H24N4OS. The zero-order valence-electron chi connectivity index (χ0n) is 15.0. The molecule has 5 rings (SSSR count). The van der Waals surface area contributed by atoms with E-state index < -0.39 is 0 Å².